The Bertz CT molecular complexity index is 988. The SMILES string of the molecule is Cn1ccnc1C(NC(=O)N1CCC(c2ccnn2C)CC1)c1cccc(F)c1. The van der Waals surface area contributed by atoms with Crippen molar-refractivity contribution in [3.05, 3.63) is 71.8 Å². The molecule has 1 fully saturated rings. The topological polar surface area (TPSA) is 68.0 Å². The third-order valence-corrected chi connectivity index (χ3v) is 5.63. The van der Waals surface area contributed by atoms with Gasteiger partial charge in [0.15, 0.2) is 0 Å². The smallest absolute Gasteiger partial charge is 0.318 e. The van der Waals surface area contributed by atoms with E-state index in [-0.39, 0.29) is 11.8 Å². The van der Waals surface area contributed by atoms with E-state index in [4.69, 9.17) is 0 Å². The van der Waals surface area contributed by atoms with Crippen LogP contribution in [0, 0.1) is 5.82 Å². The number of nitrogens with zero attached hydrogens (tertiary/aromatic N) is 5. The number of likely N-dealkylation sites (tertiary alicyclic amines) is 1. The van der Waals surface area contributed by atoms with E-state index < -0.39 is 6.04 Å². The molecule has 8 heteroatoms. The minimum Gasteiger partial charge on any atom is -0.336 e. The van der Waals surface area contributed by atoms with Crippen LogP contribution in [-0.2, 0) is 14.1 Å². The Labute approximate surface area is 169 Å². The first kappa shape index (κ1) is 19.2. The molecule has 3 aromatic rings. The van der Waals surface area contributed by atoms with Crippen LogP contribution in [0.2, 0.25) is 0 Å². The normalized spacial score (nSPS) is 16.0. The van der Waals surface area contributed by atoms with Gasteiger partial charge in [0.1, 0.15) is 17.7 Å². The lowest BCUT2D eigenvalue weighted by Gasteiger charge is -2.33. The van der Waals surface area contributed by atoms with Crippen molar-refractivity contribution in [1.29, 1.82) is 0 Å². The summed E-state index contributed by atoms with van der Waals surface area (Å²) in [7, 11) is 3.81. The maximum atomic E-state index is 13.8. The minimum atomic E-state index is -0.520. The average molecular weight is 396 g/mol. The number of imidazole rings is 1. The van der Waals surface area contributed by atoms with E-state index in [1.807, 2.05) is 46.7 Å². The maximum absolute atomic E-state index is 13.8. The first-order valence-electron chi connectivity index (χ1n) is 9.79. The highest BCUT2D eigenvalue weighted by Crippen LogP contribution is 2.28. The van der Waals surface area contributed by atoms with Crippen LogP contribution in [-0.4, -0.2) is 43.4 Å². The first-order chi connectivity index (χ1) is 14.0. The number of carbonyl (C=O) groups excluding carboxylic acids is 1. The van der Waals surface area contributed by atoms with Crippen molar-refractivity contribution in [1.82, 2.24) is 29.5 Å². The van der Waals surface area contributed by atoms with Gasteiger partial charge in [0.25, 0.3) is 0 Å². The zero-order valence-corrected chi connectivity index (χ0v) is 16.6. The van der Waals surface area contributed by atoms with Gasteiger partial charge in [0.05, 0.1) is 0 Å². The molecule has 1 aromatic carbocycles. The molecule has 152 valence electrons. The Kier molecular flexibility index (Phi) is 5.33. The molecule has 1 aliphatic rings. The fourth-order valence-electron chi connectivity index (χ4n) is 4.02. The van der Waals surface area contributed by atoms with Crippen molar-refractivity contribution in [2.75, 3.05) is 13.1 Å². The number of amides is 2. The first-order valence-corrected chi connectivity index (χ1v) is 9.79. The highest BCUT2D eigenvalue weighted by Gasteiger charge is 2.28. The summed E-state index contributed by atoms with van der Waals surface area (Å²) in [5.41, 5.74) is 1.87. The number of aryl methyl sites for hydroxylation is 2. The second-order valence-electron chi connectivity index (χ2n) is 7.47. The van der Waals surface area contributed by atoms with Gasteiger partial charge < -0.3 is 14.8 Å². The van der Waals surface area contributed by atoms with Gasteiger partial charge in [-0.3, -0.25) is 4.68 Å². The van der Waals surface area contributed by atoms with Crippen LogP contribution in [0.15, 0.2) is 48.9 Å². The van der Waals surface area contributed by atoms with Crippen molar-refractivity contribution < 1.29 is 9.18 Å². The van der Waals surface area contributed by atoms with E-state index in [0.717, 1.165) is 12.8 Å². The number of urea groups is 1. The van der Waals surface area contributed by atoms with Crippen LogP contribution in [0.4, 0.5) is 9.18 Å². The molecule has 29 heavy (non-hydrogen) atoms. The number of aromatic nitrogens is 4. The Balaban J connectivity index is 1.48. The number of hydrogen-bond acceptors (Lipinski definition) is 3. The highest BCUT2D eigenvalue weighted by molar-refractivity contribution is 5.75. The number of carbonyl (C=O) groups is 1. The largest absolute Gasteiger partial charge is 0.336 e. The molecule has 0 saturated carbocycles. The van der Waals surface area contributed by atoms with E-state index >= 15 is 0 Å². The standard InChI is InChI=1S/C21H25FN6O/c1-26-13-10-23-20(26)19(16-4-3-5-17(22)14-16)25-21(29)28-11-7-15(8-12-28)18-6-9-24-27(18)2/h3-6,9-10,13-15,19H,7-8,11-12H2,1-2H3,(H,25,29). The zero-order chi connectivity index (χ0) is 20.4. The molecule has 1 saturated heterocycles. The Morgan fingerprint density at radius 3 is 2.62 bits per heavy atom. The van der Waals surface area contributed by atoms with Gasteiger partial charge >= 0.3 is 6.03 Å². The molecule has 2 aromatic heterocycles. The third kappa shape index (κ3) is 4.01. The van der Waals surface area contributed by atoms with Gasteiger partial charge in [-0.25, -0.2) is 14.2 Å². The lowest BCUT2D eigenvalue weighted by Crippen LogP contribution is -2.46. The van der Waals surface area contributed by atoms with E-state index in [1.165, 1.54) is 17.8 Å². The summed E-state index contributed by atoms with van der Waals surface area (Å²) in [4.78, 5) is 19.2. The number of nitrogens with one attached hydrogen (secondary N) is 1. The summed E-state index contributed by atoms with van der Waals surface area (Å²) >= 11 is 0. The van der Waals surface area contributed by atoms with Crippen LogP contribution in [0.25, 0.3) is 0 Å². The number of piperidine rings is 1. The van der Waals surface area contributed by atoms with E-state index in [0.29, 0.717) is 30.4 Å². The zero-order valence-electron chi connectivity index (χ0n) is 16.6. The molecular formula is C21H25FN6O. The molecule has 1 aliphatic heterocycles. The summed E-state index contributed by atoms with van der Waals surface area (Å²) in [5.74, 6) is 0.724. The Hall–Kier alpha value is -3.16. The molecule has 0 aliphatic carbocycles. The van der Waals surface area contributed by atoms with Crippen molar-refractivity contribution >= 4 is 6.03 Å². The number of rotatable bonds is 4. The summed E-state index contributed by atoms with van der Waals surface area (Å²) in [6, 6.07) is 7.64. The fraction of sp³-hybridized carbons (Fsp3) is 0.381. The van der Waals surface area contributed by atoms with Crippen LogP contribution < -0.4 is 5.32 Å². The molecule has 1 N–H and O–H groups in total. The summed E-state index contributed by atoms with van der Waals surface area (Å²) in [6.45, 7) is 1.33. The molecule has 2 amide bonds. The van der Waals surface area contributed by atoms with E-state index in [1.54, 1.807) is 18.3 Å². The quantitative estimate of drug-likeness (QED) is 0.737. The minimum absolute atomic E-state index is 0.161. The molecular weight excluding hydrogens is 371 g/mol. The summed E-state index contributed by atoms with van der Waals surface area (Å²) < 4.78 is 17.6. The monoisotopic (exact) mass is 396 g/mol. The van der Waals surface area contributed by atoms with Gasteiger partial charge in [-0.1, -0.05) is 12.1 Å². The molecule has 3 heterocycles. The molecule has 0 spiro atoms. The second kappa shape index (κ2) is 8.06. The van der Waals surface area contributed by atoms with Crippen molar-refractivity contribution in [2.24, 2.45) is 14.1 Å². The maximum Gasteiger partial charge on any atom is 0.318 e. The van der Waals surface area contributed by atoms with Gasteiger partial charge in [0, 0.05) is 57.4 Å². The number of benzene rings is 1. The summed E-state index contributed by atoms with van der Waals surface area (Å²) in [6.07, 6.45) is 7.07. The van der Waals surface area contributed by atoms with Gasteiger partial charge in [0.2, 0.25) is 0 Å². The molecule has 7 nitrogen and oxygen atoms in total. The lowest BCUT2D eigenvalue weighted by molar-refractivity contribution is 0.177. The fourth-order valence-corrected chi connectivity index (χ4v) is 4.02. The summed E-state index contributed by atoms with van der Waals surface area (Å²) in [5, 5.41) is 7.30. The molecule has 1 unspecified atom stereocenters. The van der Waals surface area contributed by atoms with Crippen LogP contribution in [0.1, 0.15) is 41.9 Å². The van der Waals surface area contributed by atoms with Crippen LogP contribution in [0.3, 0.4) is 0 Å². The Morgan fingerprint density at radius 2 is 2.00 bits per heavy atom. The predicted octanol–water partition coefficient (Wildman–Crippen LogP) is 2.97. The van der Waals surface area contributed by atoms with E-state index in [9.17, 15) is 9.18 Å². The number of hydrogen-bond donors (Lipinski definition) is 1. The van der Waals surface area contributed by atoms with Crippen molar-refractivity contribution in [2.45, 2.75) is 24.8 Å². The Morgan fingerprint density at radius 1 is 1.21 bits per heavy atom. The van der Waals surface area contributed by atoms with Crippen molar-refractivity contribution in [3.63, 3.8) is 0 Å². The molecule has 0 radical (unpaired) electrons. The molecule has 4 rings (SSSR count). The molecule has 0 bridgehead atoms. The number of halogens is 1. The molecule has 1 atom stereocenters. The lowest BCUT2D eigenvalue weighted by atomic mass is 9.93. The van der Waals surface area contributed by atoms with Gasteiger partial charge in [-0.2, -0.15) is 5.10 Å². The van der Waals surface area contributed by atoms with Crippen molar-refractivity contribution in [3.8, 4) is 0 Å². The van der Waals surface area contributed by atoms with E-state index in [2.05, 4.69) is 15.4 Å². The third-order valence-electron chi connectivity index (χ3n) is 5.63. The average Bonchev–Trinajstić information content (AvgIpc) is 3.34. The van der Waals surface area contributed by atoms with Gasteiger partial charge in [-0.15, -0.1) is 0 Å². The predicted molar refractivity (Wildman–Crippen MR) is 107 cm³/mol. The highest BCUT2D eigenvalue weighted by atomic mass is 19.1. The van der Waals surface area contributed by atoms with Gasteiger partial charge in [-0.05, 0) is 36.6 Å². The van der Waals surface area contributed by atoms with Crippen LogP contribution >= 0.6 is 0 Å². The second-order valence-corrected chi connectivity index (χ2v) is 7.47. The van der Waals surface area contributed by atoms with Crippen LogP contribution in [0.5, 0.6) is 0 Å².